The number of rotatable bonds is 3. The molecular weight excluding hydrogens is 256 g/mol. The van der Waals surface area contributed by atoms with Crippen molar-refractivity contribution in [1.82, 2.24) is 0 Å². The highest BCUT2D eigenvalue weighted by atomic mass is 16.3. The fourth-order valence-corrected chi connectivity index (χ4v) is 2.37. The molecule has 0 aromatic heterocycles. The second-order valence-electron chi connectivity index (χ2n) is 5.14. The number of amides is 1. The number of primary amides is 1. The maximum Gasteiger partial charge on any atom is 0.250 e. The number of Topliss-reactive ketones (excluding diaryl/α,β-unsaturated/α-hetero) is 1. The van der Waals surface area contributed by atoms with Crippen molar-refractivity contribution in [3.8, 4) is 0 Å². The van der Waals surface area contributed by atoms with Gasteiger partial charge in [-0.05, 0) is 24.5 Å². The van der Waals surface area contributed by atoms with Crippen LogP contribution in [0.3, 0.4) is 0 Å². The average Bonchev–Trinajstić information content (AvgIpc) is 2.37. The number of aliphatic hydroxyl groups is 1. The highest BCUT2D eigenvalue weighted by molar-refractivity contribution is 6.00. The van der Waals surface area contributed by atoms with E-state index in [0.717, 1.165) is 0 Å². The number of para-hydroxylation sites is 1. The van der Waals surface area contributed by atoms with Gasteiger partial charge >= 0.3 is 0 Å². The molecule has 1 fully saturated rings. The zero-order valence-electron chi connectivity index (χ0n) is 11.3. The summed E-state index contributed by atoms with van der Waals surface area (Å²) in [6.07, 6.45) is 1.71. The molecule has 0 radical (unpaired) electrons. The lowest BCUT2D eigenvalue weighted by Crippen LogP contribution is -2.29. The lowest BCUT2D eigenvalue weighted by atomic mass is 9.84. The molecule has 5 heteroatoms. The highest BCUT2D eigenvalue weighted by Gasteiger charge is 2.28. The van der Waals surface area contributed by atoms with E-state index in [9.17, 15) is 14.7 Å². The summed E-state index contributed by atoms with van der Waals surface area (Å²) < 4.78 is 0. The van der Waals surface area contributed by atoms with Crippen LogP contribution in [0.4, 0.5) is 5.69 Å². The molecule has 2 unspecified atom stereocenters. The first-order valence-corrected chi connectivity index (χ1v) is 6.55. The van der Waals surface area contributed by atoms with Gasteiger partial charge in [0.25, 0.3) is 5.91 Å². The summed E-state index contributed by atoms with van der Waals surface area (Å²) in [5.74, 6) is -0.427. The molecule has 2 atom stereocenters. The molecule has 106 valence electrons. The SMILES string of the molecule is CC1CC(=O)/C(=C\Nc2ccccc2C(N)=O)C(O)C1. The van der Waals surface area contributed by atoms with Gasteiger partial charge in [0.2, 0.25) is 0 Å². The van der Waals surface area contributed by atoms with Crippen LogP contribution in [0.15, 0.2) is 36.0 Å². The number of benzene rings is 1. The van der Waals surface area contributed by atoms with Gasteiger partial charge in [0.05, 0.1) is 17.4 Å². The third-order valence-electron chi connectivity index (χ3n) is 3.42. The molecule has 1 saturated carbocycles. The molecule has 1 aliphatic carbocycles. The molecule has 2 rings (SSSR count). The first kappa shape index (κ1) is 14.3. The number of carbonyl (C=O) groups is 2. The number of anilines is 1. The Morgan fingerprint density at radius 1 is 1.45 bits per heavy atom. The summed E-state index contributed by atoms with van der Waals surface area (Å²) in [5, 5.41) is 12.8. The smallest absolute Gasteiger partial charge is 0.250 e. The van der Waals surface area contributed by atoms with E-state index in [1.54, 1.807) is 24.3 Å². The second-order valence-corrected chi connectivity index (χ2v) is 5.14. The molecule has 0 saturated heterocycles. The molecule has 20 heavy (non-hydrogen) atoms. The van der Waals surface area contributed by atoms with Gasteiger partial charge in [-0.2, -0.15) is 0 Å². The topological polar surface area (TPSA) is 92.4 Å². The van der Waals surface area contributed by atoms with Crippen molar-refractivity contribution in [1.29, 1.82) is 0 Å². The Morgan fingerprint density at radius 2 is 2.15 bits per heavy atom. The van der Waals surface area contributed by atoms with Crippen LogP contribution in [-0.4, -0.2) is 22.9 Å². The molecule has 1 aliphatic rings. The van der Waals surface area contributed by atoms with E-state index in [1.165, 1.54) is 6.20 Å². The van der Waals surface area contributed by atoms with Gasteiger partial charge in [-0.15, -0.1) is 0 Å². The Labute approximate surface area is 117 Å². The average molecular weight is 274 g/mol. The first-order valence-electron chi connectivity index (χ1n) is 6.55. The van der Waals surface area contributed by atoms with E-state index in [0.29, 0.717) is 29.7 Å². The standard InChI is InChI=1S/C15H18N2O3/c1-9-6-13(18)11(14(19)7-9)8-17-12-5-3-2-4-10(12)15(16)20/h2-5,8-9,13,17-18H,6-7H2,1H3,(H2,16,20)/b11-8-. The number of ketones is 1. The number of hydrogen-bond donors (Lipinski definition) is 3. The Kier molecular flexibility index (Phi) is 4.20. The maximum atomic E-state index is 11.9. The van der Waals surface area contributed by atoms with Crippen LogP contribution in [0.5, 0.6) is 0 Å². The fourth-order valence-electron chi connectivity index (χ4n) is 2.37. The largest absolute Gasteiger partial charge is 0.388 e. The van der Waals surface area contributed by atoms with E-state index < -0.39 is 12.0 Å². The van der Waals surface area contributed by atoms with Gasteiger partial charge in [-0.1, -0.05) is 19.1 Å². The summed E-state index contributed by atoms with van der Waals surface area (Å²) in [7, 11) is 0. The molecule has 0 heterocycles. The molecule has 4 N–H and O–H groups in total. The molecule has 0 aliphatic heterocycles. The van der Waals surface area contributed by atoms with Gasteiger partial charge in [-0.25, -0.2) is 0 Å². The Bertz CT molecular complexity index is 566. The van der Waals surface area contributed by atoms with Gasteiger partial charge in [0, 0.05) is 18.2 Å². The number of carbonyl (C=O) groups excluding carboxylic acids is 2. The van der Waals surface area contributed by atoms with Gasteiger partial charge in [0.15, 0.2) is 5.78 Å². The lowest BCUT2D eigenvalue weighted by Gasteiger charge is -2.24. The van der Waals surface area contributed by atoms with Crippen LogP contribution in [0.25, 0.3) is 0 Å². The summed E-state index contributed by atoms with van der Waals surface area (Å²) >= 11 is 0. The predicted molar refractivity (Wildman–Crippen MR) is 76.1 cm³/mol. The molecule has 0 spiro atoms. The number of aliphatic hydroxyl groups excluding tert-OH is 1. The molecule has 1 amide bonds. The van der Waals surface area contributed by atoms with Crippen LogP contribution >= 0.6 is 0 Å². The van der Waals surface area contributed by atoms with E-state index in [-0.39, 0.29) is 11.7 Å². The molecule has 1 aromatic carbocycles. The van der Waals surface area contributed by atoms with E-state index >= 15 is 0 Å². The van der Waals surface area contributed by atoms with Crippen LogP contribution < -0.4 is 11.1 Å². The normalized spacial score (nSPS) is 24.7. The molecule has 1 aromatic rings. The predicted octanol–water partition coefficient (Wildman–Crippen LogP) is 1.44. The summed E-state index contributed by atoms with van der Waals surface area (Å²) in [5.41, 5.74) is 6.49. The minimum atomic E-state index is -0.764. The molecule has 0 bridgehead atoms. The fraction of sp³-hybridized carbons (Fsp3) is 0.333. The number of hydrogen-bond acceptors (Lipinski definition) is 4. The van der Waals surface area contributed by atoms with E-state index in [4.69, 9.17) is 5.73 Å². The van der Waals surface area contributed by atoms with Gasteiger partial charge < -0.3 is 16.2 Å². The Morgan fingerprint density at radius 3 is 2.80 bits per heavy atom. The van der Waals surface area contributed by atoms with Crippen LogP contribution in [0, 0.1) is 5.92 Å². The van der Waals surface area contributed by atoms with Crippen LogP contribution in [0.2, 0.25) is 0 Å². The molecule has 5 nitrogen and oxygen atoms in total. The van der Waals surface area contributed by atoms with Crippen molar-refractivity contribution < 1.29 is 14.7 Å². The third-order valence-corrected chi connectivity index (χ3v) is 3.42. The van der Waals surface area contributed by atoms with Crippen molar-refractivity contribution in [3.63, 3.8) is 0 Å². The second kappa shape index (κ2) is 5.88. The van der Waals surface area contributed by atoms with Crippen LogP contribution in [0.1, 0.15) is 30.1 Å². The first-order chi connectivity index (χ1) is 9.49. The van der Waals surface area contributed by atoms with Gasteiger partial charge in [-0.3, -0.25) is 9.59 Å². The minimum Gasteiger partial charge on any atom is -0.388 e. The van der Waals surface area contributed by atoms with Crippen molar-refractivity contribution in [2.45, 2.75) is 25.9 Å². The monoisotopic (exact) mass is 274 g/mol. The van der Waals surface area contributed by atoms with Crippen LogP contribution in [-0.2, 0) is 4.79 Å². The van der Waals surface area contributed by atoms with Gasteiger partial charge in [0.1, 0.15) is 0 Å². The zero-order chi connectivity index (χ0) is 14.7. The Balaban J connectivity index is 2.21. The van der Waals surface area contributed by atoms with Crippen molar-refractivity contribution in [2.24, 2.45) is 11.7 Å². The summed E-state index contributed by atoms with van der Waals surface area (Å²) in [4.78, 5) is 23.2. The number of nitrogens with two attached hydrogens (primary N) is 1. The lowest BCUT2D eigenvalue weighted by molar-refractivity contribution is -0.119. The summed E-state index contributed by atoms with van der Waals surface area (Å²) in [6.45, 7) is 1.94. The minimum absolute atomic E-state index is 0.0692. The van der Waals surface area contributed by atoms with E-state index in [1.807, 2.05) is 6.92 Å². The highest BCUT2D eigenvalue weighted by Crippen LogP contribution is 2.26. The molecular formula is C15H18N2O3. The maximum absolute atomic E-state index is 11.9. The van der Waals surface area contributed by atoms with Crippen molar-refractivity contribution in [3.05, 3.63) is 41.6 Å². The zero-order valence-corrected chi connectivity index (χ0v) is 11.3. The van der Waals surface area contributed by atoms with E-state index in [2.05, 4.69) is 5.32 Å². The third kappa shape index (κ3) is 3.05. The van der Waals surface area contributed by atoms with Crippen molar-refractivity contribution in [2.75, 3.05) is 5.32 Å². The Hall–Kier alpha value is -2.14. The quantitative estimate of drug-likeness (QED) is 0.727. The van der Waals surface area contributed by atoms with Crippen molar-refractivity contribution >= 4 is 17.4 Å². The summed E-state index contributed by atoms with van der Waals surface area (Å²) in [6, 6.07) is 6.76. The number of nitrogens with one attached hydrogen (secondary N) is 1.